The number of rotatable bonds is 4. The molecule has 0 amide bonds. The summed E-state index contributed by atoms with van der Waals surface area (Å²) in [4.78, 5) is 2.51. The molecule has 3 aliphatic rings. The molecule has 23 heavy (non-hydrogen) atoms. The third-order valence-electron chi connectivity index (χ3n) is 5.43. The van der Waals surface area contributed by atoms with Gasteiger partial charge in [-0.3, -0.25) is 0 Å². The van der Waals surface area contributed by atoms with Crippen molar-refractivity contribution in [1.29, 1.82) is 0 Å². The minimum Gasteiger partial charge on any atom is -0.490 e. The van der Waals surface area contributed by atoms with Crippen molar-refractivity contribution in [3.05, 3.63) is 22.8 Å². The van der Waals surface area contributed by atoms with E-state index in [1.54, 1.807) is 18.2 Å². The highest BCUT2D eigenvalue weighted by Gasteiger charge is 2.35. The van der Waals surface area contributed by atoms with Gasteiger partial charge in [-0.25, -0.2) is 0 Å². The Balaban J connectivity index is 1.80. The third kappa shape index (κ3) is 2.94. The molecule has 4 nitrogen and oxygen atoms in total. The Kier molecular flexibility index (Phi) is 4.20. The largest absolute Gasteiger partial charge is 0.490 e. The predicted octanol–water partition coefficient (Wildman–Crippen LogP) is 2.49. The van der Waals surface area contributed by atoms with Gasteiger partial charge in [0, 0.05) is 13.7 Å². The fourth-order valence-corrected chi connectivity index (χ4v) is 4.04. The van der Waals surface area contributed by atoms with E-state index >= 15 is 0 Å². The molecular weight excluding hydrogens is 288 g/mol. The summed E-state index contributed by atoms with van der Waals surface area (Å²) in [5, 5.41) is 3.55. The lowest BCUT2D eigenvalue weighted by molar-refractivity contribution is 0.121. The van der Waals surface area contributed by atoms with Crippen LogP contribution in [0.15, 0.2) is 6.07 Å². The SMILES string of the molecule is CO[C@H](C)CN1CCOc2cc3c(c(C4CC4)c21)CCNCC3. The van der Waals surface area contributed by atoms with E-state index < -0.39 is 0 Å². The van der Waals surface area contributed by atoms with Crippen molar-refractivity contribution in [1.82, 2.24) is 5.32 Å². The Bertz CT molecular complexity index is 583. The second kappa shape index (κ2) is 6.33. The summed E-state index contributed by atoms with van der Waals surface area (Å²) in [7, 11) is 1.80. The van der Waals surface area contributed by atoms with E-state index in [-0.39, 0.29) is 6.10 Å². The number of fused-ring (bicyclic) bond motifs is 2. The first-order valence-electron chi connectivity index (χ1n) is 9.08. The molecule has 1 fully saturated rings. The molecule has 2 heterocycles. The van der Waals surface area contributed by atoms with E-state index in [4.69, 9.17) is 9.47 Å². The minimum absolute atomic E-state index is 0.244. The Morgan fingerprint density at radius 3 is 2.96 bits per heavy atom. The number of methoxy groups -OCH3 is 1. The maximum atomic E-state index is 6.09. The fourth-order valence-electron chi connectivity index (χ4n) is 4.04. The topological polar surface area (TPSA) is 33.7 Å². The van der Waals surface area contributed by atoms with Crippen molar-refractivity contribution in [2.45, 2.75) is 44.6 Å². The molecule has 1 N–H and O–H groups in total. The second-order valence-electron chi connectivity index (χ2n) is 7.14. The molecule has 0 spiro atoms. The monoisotopic (exact) mass is 316 g/mol. The highest BCUT2D eigenvalue weighted by Crippen LogP contribution is 2.51. The van der Waals surface area contributed by atoms with Crippen LogP contribution in [0.5, 0.6) is 5.75 Å². The fraction of sp³-hybridized carbons (Fsp3) is 0.684. The summed E-state index contributed by atoms with van der Waals surface area (Å²) in [5.74, 6) is 1.86. The highest BCUT2D eigenvalue weighted by molar-refractivity contribution is 5.71. The van der Waals surface area contributed by atoms with Gasteiger partial charge in [0.25, 0.3) is 0 Å². The van der Waals surface area contributed by atoms with E-state index in [0.29, 0.717) is 0 Å². The molecule has 0 bridgehead atoms. The van der Waals surface area contributed by atoms with Crippen LogP contribution in [0.3, 0.4) is 0 Å². The lowest BCUT2D eigenvalue weighted by atomic mass is 9.91. The molecule has 1 atom stereocenters. The second-order valence-corrected chi connectivity index (χ2v) is 7.14. The lowest BCUT2D eigenvalue weighted by Crippen LogP contribution is -2.39. The maximum Gasteiger partial charge on any atom is 0.143 e. The van der Waals surface area contributed by atoms with Crippen LogP contribution in [0.4, 0.5) is 5.69 Å². The molecule has 1 aromatic carbocycles. The smallest absolute Gasteiger partial charge is 0.143 e. The molecule has 0 aromatic heterocycles. The molecular formula is C19H28N2O2. The number of benzene rings is 1. The Morgan fingerprint density at radius 2 is 2.17 bits per heavy atom. The van der Waals surface area contributed by atoms with Gasteiger partial charge in [0.1, 0.15) is 12.4 Å². The van der Waals surface area contributed by atoms with Crippen molar-refractivity contribution in [2.24, 2.45) is 0 Å². The molecule has 1 aliphatic carbocycles. The van der Waals surface area contributed by atoms with E-state index in [9.17, 15) is 0 Å². The number of ether oxygens (including phenoxy) is 2. The van der Waals surface area contributed by atoms with Gasteiger partial charge in [-0.15, -0.1) is 0 Å². The maximum absolute atomic E-state index is 6.09. The van der Waals surface area contributed by atoms with Crippen molar-refractivity contribution in [3.8, 4) is 5.75 Å². The van der Waals surface area contributed by atoms with Gasteiger partial charge in [0.2, 0.25) is 0 Å². The van der Waals surface area contributed by atoms with Crippen molar-refractivity contribution < 1.29 is 9.47 Å². The molecule has 2 aliphatic heterocycles. The van der Waals surface area contributed by atoms with E-state index in [2.05, 4.69) is 23.2 Å². The first-order valence-corrected chi connectivity index (χ1v) is 9.08. The predicted molar refractivity (Wildman–Crippen MR) is 92.9 cm³/mol. The van der Waals surface area contributed by atoms with Crippen LogP contribution in [0.2, 0.25) is 0 Å². The molecule has 0 unspecified atom stereocenters. The summed E-state index contributed by atoms with van der Waals surface area (Å²) >= 11 is 0. The van der Waals surface area contributed by atoms with E-state index in [1.165, 1.54) is 24.1 Å². The summed E-state index contributed by atoms with van der Waals surface area (Å²) in [5.41, 5.74) is 6.10. The summed E-state index contributed by atoms with van der Waals surface area (Å²) in [6.07, 6.45) is 5.20. The summed E-state index contributed by atoms with van der Waals surface area (Å²) in [6, 6.07) is 2.33. The average molecular weight is 316 g/mol. The highest BCUT2D eigenvalue weighted by atomic mass is 16.5. The Labute approximate surface area is 139 Å². The van der Waals surface area contributed by atoms with Gasteiger partial charge in [-0.1, -0.05) is 0 Å². The standard InChI is InChI=1S/C19H28N2O2/c1-13(22-2)12-21-9-10-23-17-11-15-5-7-20-8-6-16(15)18(19(17)21)14-3-4-14/h11,13-14,20H,3-10,12H2,1-2H3/t13-/m1/s1. The molecule has 1 aromatic rings. The van der Waals surface area contributed by atoms with E-state index in [0.717, 1.165) is 57.3 Å². The number of hydrogen-bond donors (Lipinski definition) is 1. The molecule has 4 rings (SSSR count). The van der Waals surface area contributed by atoms with Crippen LogP contribution < -0.4 is 15.0 Å². The number of nitrogens with one attached hydrogen (secondary N) is 1. The van der Waals surface area contributed by atoms with Crippen LogP contribution in [-0.4, -0.2) is 46.0 Å². The first-order chi connectivity index (χ1) is 11.3. The number of hydrogen-bond acceptors (Lipinski definition) is 4. The van der Waals surface area contributed by atoms with Crippen LogP contribution in [0.1, 0.15) is 42.4 Å². The minimum atomic E-state index is 0.244. The molecule has 1 saturated carbocycles. The molecule has 4 heteroatoms. The number of anilines is 1. The zero-order valence-electron chi connectivity index (χ0n) is 14.4. The van der Waals surface area contributed by atoms with Crippen LogP contribution in [0, 0.1) is 0 Å². The van der Waals surface area contributed by atoms with Crippen LogP contribution >= 0.6 is 0 Å². The number of nitrogens with zero attached hydrogens (tertiary/aromatic N) is 1. The van der Waals surface area contributed by atoms with Crippen molar-refractivity contribution in [3.63, 3.8) is 0 Å². The lowest BCUT2D eigenvalue weighted by Gasteiger charge is -2.36. The van der Waals surface area contributed by atoms with Gasteiger partial charge in [0.15, 0.2) is 0 Å². The van der Waals surface area contributed by atoms with Crippen LogP contribution in [-0.2, 0) is 17.6 Å². The Morgan fingerprint density at radius 1 is 1.35 bits per heavy atom. The Hall–Kier alpha value is -1.26. The van der Waals surface area contributed by atoms with Crippen molar-refractivity contribution in [2.75, 3.05) is 44.8 Å². The first kappa shape index (κ1) is 15.3. The van der Waals surface area contributed by atoms with Crippen LogP contribution in [0.25, 0.3) is 0 Å². The summed E-state index contributed by atoms with van der Waals surface area (Å²) < 4.78 is 11.6. The normalized spacial score (nSPS) is 21.9. The molecule has 0 saturated heterocycles. The molecule has 0 radical (unpaired) electrons. The van der Waals surface area contributed by atoms with Crippen molar-refractivity contribution >= 4 is 5.69 Å². The zero-order chi connectivity index (χ0) is 15.8. The van der Waals surface area contributed by atoms with Gasteiger partial charge in [-0.2, -0.15) is 0 Å². The van der Waals surface area contributed by atoms with Gasteiger partial charge < -0.3 is 19.7 Å². The third-order valence-corrected chi connectivity index (χ3v) is 5.43. The summed E-state index contributed by atoms with van der Waals surface area (Å²) in [6.45, 7) is 7.03. The average Bonchev–Trinajstić information content (AvgIpc) is 3.39. The zero-order valence-corrected chi connectivity index (χ0v) is 14.4. The molecule has 126 valence electrons. The van der Waals surface area contributed by atoms with E-state index in [1.807, 2.05) is 0 Å². The van der Waals surface area contributed by atoms with Gasteiger partial charge >= 0.3 is 0 Å². The van der Waals surface area contributed by atoms with Gasteiger partial charge in [0.05, 0.1) is 18.3 Å². The quantitative estimate of drug-likeness (QED) is 0.925. The van der Waals surface area contributed by atoms with Gasteiger partial charge in [-0.05, 0) is 74.4 Å².